The molecule has 0 aliphatic carbocycles. The van der Waals surface area contributed by atoms with E-state index in [0.717, 1.165) is 10.8 Å². The van der Waals surface area contributed by atoms with Gasteiger partial charge in [-0.1, -0.05) is 13.8 Å². The average molecular weight is 363 g/mol. The number of nitrogens with zero attached hydrogens (tertiary/aromatic N) is 2. The van der Waals surface area contributed by atoms with E-state index < -0.39 is 28.9 Å². The summed E-state index contributed by atoms with van der Waals surface area (Å²) in [4.78, 5) is 26.3. The van der Waals surface area contributed by atoms with Crippen molar-refractivity contribution in [2.75, 3.05) is 31.8 Å². The third-order valence-corrected chi connectivity index (χ3v) is 3.86. The molecular formula is C14H22FN3O5S. The zero-order valence-electron chi connectivity index (χ0n) is 13.9. The molecule has 0 aliphatic heterocycles. The van der Waals surface area contributed by atoms with Gasteiger partial charge in [-0.3, -0.25) is 4.57 Å². The fourth-order valence-electron chi connectivity index (χ4n) is 1.52. The molecule has 1 aromatic rings. The van der Waals surface area contributed by atoms with Crippen molar-refractivity contribution in [3.05, 3.63) is 22.5 Å². The number of hydrogen-bond donors (Lipinski definition) is 1. The van der Waals surface area contributed by atoms with Gasteiger partial charge in [0.1, 0.15) is 12.0 Å². The van der Waals surface area contributed by atoms with E-state index in [9.17, 15) is 14.0 Å². The van der Waals surface area contributed by atoms with Gasteiger partial charge < -0.3 is 19.9 Å². The van der Waals surface area contributed by atoms with Crippen LogP contribution < -0.4 is 11.4 Å². The fraction of sp³-hybridized carbons (Fsp3) is 0.643. The van der Waals surface area contributed by atoms with Gasteiger partial charge >= 0.3 is 11.8 Å². The SMILES string of the molecule is CO[C@@H](COC(=O)OCC(C)C)SCCn1cc(F)c(N)nc1=O. The van der Waals surface area contributed by atoms with Gasteiger partial charge in [-0.15, -0.1) is 11.8 Å². The number of rotatable bonds is 9. The molecule has 0 saturated carbocycles. The lowest BCUT2D eigenvalue weighted by Gasteiger charge is -2.15. The van der Waals surface area contributed by atoms with Crippen molar-refractivity contribution in [3.63, 3.8) is 0 Å². The molecule has 0 saturated heterocycles. The molecule has 1 heterocycles. The largest absolute Gasteiger partial charge is 0.508 e. The lowest BCUT2D eigenvalue weighted by molar-refractivity contribution is 0.0235. The molecule has 0 fully saturated rings. The van der Waals surface area contributed by atoms with E-state index in [1.54, 1.807) is 0 Å². The molecule has 8 nitrogen and oxygen atoms in total. The van der Waals surface area contributed by atoms with Crippen LogP contribution in [0.3, 0.4) is 0 Å². The van der Waals surface area contributed by atoms with Crippen molar-refractivity contribution in [1.82, 2.24) is 9.55 Å². The number of thioether (sulfide) groups is 1. The van der Waals surface area contributed by atoms with Crippen LogP contribution in [0.15, 0.2) is 11.0 Å². The number of nitrogens with two attached hydrogens (primary N) is 1. The number of anilines is 1. The minimum Gasteiger partial charge on any atom is -0.434 e. The molecule has 0 unspecified atom stereocenters. The van der Waals surface area contributed by atoms with E-state index in [4.69, 9.17) is 19.9 Å². The van der Waals surface area contributed by atoms with Crippen LogP contribution in [0, 0.1) is 11.7 Å². The van der Waals surface area contributed by atoms with Gasteiger partial charge in [0.15, 0.2) is 11.6 Å². The van der Waals surface area contributed by atoms with Crippen LogP contribution in [0.2, 0.25) is 0 Å². The summed E-state index contributed by atoms with van der Waals surface area (Å²) in [6.07, 6.45) is 0.250. The van der Waals surface area contributed by atoms with Gasteiger partial charge in [-0.05, 0) is 5.92 Å². The highest BCUT2D eigenvalue weighted by Crippen LogP contribution is 2.13. The number of halogens is 1. The number of aromatic nitrogens is 2. The maximum atomic E-state index is 13.3. The van der Waals surface area contributed by atoms with Crippen LogP contribution in [-0.2, 0) is 20.8 Å². The topological polar surface area (TPSA) is 106 Å². The molecular weight excluding hydrogens is 341 g/mol. The summed E-state index contributed by atoms with van der Waals surface area (Å²) in [6, 6.07) is 0. The number of hydrogen-bond acceptors (Lipinski definition) is 8. The molecule has 2 N–H and O–H groups in total. The molecule has 0 amide bonds. The second-order valence-corrected chi connectivity index (χ2v) is 6.52. The van der Waals surface area contributed by atoms with Crippen molar-refractivity contribution >= 4 is 23.7 Å². The average Bonchev–Trinajstić information content (AvgIpc) is 2.53. The Morgan fingerprint density at radius 3 is 2.71 bits per heavy atom. The number of aryl methyl sites for hydroxylation is 1. The lowest BCUT2D eigenvalue weighted by atomic mass is 10.2. The first kappa shape index (κ1) is 20.2. The summed E-state index contributed by atoms with van der Waals surface area (Å²) in [5.74, 6) is -0.531. The Hall–Kier alpha value is -1.81. The smallest absolute Gasteiger partial charge is 0.434 e. The Labute approximate surface area is 143 Å². The Kier molecular flexibility index (Phi) is 8.55. The fourth-order valence-corrected chi connectivity index (χ4v) is 2.38. The molecule has 1 aromatic heterocycles. The summed E-state index contributed by atoms with van der Waals surface area (Å²) in [5, 5.41) is 0. The second kappa shape index (κ2) is 10.1. The minimum atomic E-state index is -0.757. The molecule has 0 aliphatic rings. The Morgan fingerprint density at radius 1 is 1.42 bits per heavy atom. The summed E-state index contributed by atoms with van der Waals surface area (Å²) >= 11 is 1.31. The highest BCUT2D eigenvalue weighted by molar-refractivity contribution is 7.99. The summed E-state index contributed by atoms with van der Waals surface area (Å²) in [5.41, 5.74) is 4.15. The van der Waals surface area contributed by atoms with Gasteiger partial charge in [0, 0.05) is 25.6 Å². The van der Waals surface area contributed by atoms with Crippen molar-refractivity contribution in [2.24, 2.45) is 5.92 Å². The van der Waals surface area contributed by atoms with Crippen LogP contribution >= 0.6 is 11.8 Å². The Balaban J connectivity index is 2.38. The van der Waals surface area contributed by atoms with E-state index in [1.165, 1.54) is 18.9 Å². The molecule has 0 aromatic carbocycles. The minimum absolute atomic E-state index is 0.00133. The molecule has 0 bridgehead atoms. The van der Waals surface area contributed by atoms with E-state index >= 15 is 0 Å². The monoisotopic (exact) mass is 363 g/mol. The highest BCUT2D eigenvalue weighted by atomic mass is 32.2. The van der Waals surface area contributed by atoms with Gasteiger partial charge in [-0.25, -0.2) is 14.0 Å². The number of ether oxygens (including phenoxy) is 3. The number of methoxy groups -OCH3 is 1. The van der Waals surface area contributed by atoms with E-state index in [0.29, 0.717) is 5.75 Å². The predicted molar refractivity (Wildman–Crippen MR) is 88.3 cm³/mol. The predicted octanol–water partition coefficient (Wildman–Crippen LogP) is 1.48. The van der Waals surface area contributed by atoms with E-state index in [1.807, 2.05) is 13.8 Å². The second-order valence-electron chi connectivity index (χ2n) is 5.25. The molecule has 136 valence electrons. The maximum Gasteiger partial charge on any atom is 0.508 e. The molecule has 10 heteroatoms. The van der Waals surface area contributed by atoms with Gasteiger partial charge in [0.2, 0.25) is 0 Å². The molecule has 0 spiro atoms. The first-order valence-electron chi connectivity index (χ1n) is 7.29. The van der Waals surface area contributed by atoms with Crippen LogP contribution in [0.25, 0.3) is 0 Å². The Bertz CT molecular complexity index is 596. The van der Waals surface area contributed by atoms with E-state index in [2.05, 4.69) is 4.98 Å². The van der Waals surface area contributed by atoms with Crippen LogP contribution in [-0.4, -0.2) is 47.2 Å². The van der Waals surface area contributed by atoms with Crippen molar-refractivity contribution in [2.45, 2.75) is 25.8 Å². The number of nitrogen functional groups attached to an aromatic ring is 1. The molecule has 1 atom stereocenters. The standard InChI is InChI=1S/C14H22FN3O5S/c1-9(2)7-22-14(20)23-8-11(21-3)24-5-4-18-6-10(15)12(16)17-13(18)19/h6,9,11H,4-5,7-8H2,1-3H3,(H2,16,17,19)/t11-/m1/s1. The van der Waals surface area contributed by atoms with E-state index in [-0.39, 0.29) is 25.7 Å². The van der Waals surface area contributed by atoms with Crippen LogP contribution in [0.5, 0.6) is 0 Å². The van der Waals surface area contributed by atoms with Crippen molar-refractivity contribution < 1.29 is 23.4 Å². The summed E-state index contributed by atoms with van der Waals surface area (Å²) in [7, 11) is 1.47. The van der Waals surface area contributed by atoms with Crippen LogP contribution in [0.4, 0.5) is 15.0 Å². The number of carbonyl (C=O) groups excluding carboxylic acids is 1. The number of carbonyl (C=O) groups is 1. The first-order valence-corrected chi connectivity index (χ1v) is 8.34. The lowest BCUT2D eigenvalue weighted by Crippen LogP contribution is -2.26. The third kappa shape index (κ3) is 7.18. The van der Waals surface area contributed by atoms with Gasteiger partial charge in [0.25, 0.3) is 0 Å². The maximum absolute atomic E-state index is 13.3. The zero-order chi connectivity index (χ0) is 18.1. The molecule has 1 rings (SSSR count). The van der Waals surface area contributed by atoms with Gasteiger partial charge in [0.05, 0.1) is 6.61 Å². The summed E-state index contributed by atoms with van der Waals surface area (Å²) < 4.78 is 29.4. The Morgan fingerprint density at radius 2 is 2.08 bits per heavy atom. The first-order chi connectivity index (χ1) is 11.3. The normalized spacial score (nSPS) is 12.2. The highest BCUT2D eigenvalue weighted by Gasteiger charge is 2.13. The van der Waals surface area contributed by atoms with Gasteiger partial charge in [-0.2, -0.15) is 4.98 Å². The molecule has 24 heavy (non-hydrogen) atoms. The molecule has 0 radical (unpaired) electrons. The van der Waals surface area contributed by atoms with Crippen LogP contribution in [0.1, 0.15) is 13.8 Å². The summed E-state index contributed by atoms with van der Waals surface area (Å²) in [6.45, 7) is 4.32. The third-order valence-electron chi connectivity index (χ3n) is 2.75. The zero-order valence-corrected chi connectivity index (χ0v) is 14.7. The quantitative estimate of drug-likeness (QED) is 0.519. The van der Waals surface area contributed by atoms with Crippen molar-refractivity contribution in [3.8, 4) is 0 Å². The van der Waals surface area contributed by atoms with Crippen molar-refractivity contribution in [1.29, 1.82) is 0 Å².